The van der Waals surface area contributed by atoms with Crippen LogP contribution < -0.4 is 4.90 Å². The van der Waals surface area contributed by atoms with Gasteiger partial charge in [0, 0.05) is 37.9 Å². The average Bonchev–Trinajstić information content (AvgIpc) is 2.53. The molecule has 0 spiro atoms. The van der Waals surface area contributed by atoms with E-state index < -0.39 is 5.97 Å². The van der Waals surface area contributed by atoms with Gasteiger partial charge in [0.2, 0.25) is 0 Å². The van der Waals surface area contributed by atoms with Crippen LogP contribution in [0.25, 0.3) is 0 Å². The molecule has 0 saturated carbocycles. The quantitative estimate of drug-likeness (QED) is 0.879. The molecule has 1 fully saturated rings. The molecule has 0 bridgehead atoms. The van der Waals surface area contributed by atoms with Crippen LogP contribution in [0.2, 0.25) is 0 Å². The number of carbonyl (C=O) groups excluding carboxylic acids is 1. The van der Waals surface area contributed by atoms with Gasteiger partial charge in [-0.15, -0.1) is 0 Å². The van der Waals surface area contributed by atoms with Crippen LogP contribution in [-0.2, 0) is 9.53 Å². The van der Waals surface area contributed by atoms with Gasteiger partial charge in [0.1, 0.15) is 0 Å². The molecule has 1 aromatic rings. The first-order valence-electron chi connectivity index (χ1n) is 6.98. The Morgan fingerprint density at radius 1 is 1.24 bits per heavy atom. The number of rotatable bonds is 5. The average molecular weight is 292 g/mol. The molecule has 0 unspecified atom stereocenters. The number of benzene rings is 1. The predicted octanol–water partition coefficient (Wildman–Crippen LogP) is 1.07. The fourth-order valence-electron chi connectivity index (χ4n) is 2.22. The zero-order valence-electron chi connectivity index (χ0n) is 12.1. The number of amides is 1. The van der Waals surface area contributed by atoms with Crippen molar-refractivity contribution in [2.24, 2.45) is 0 Å². The Kier molecular flexibility index (Phi) is 5.16. The van der Waals surface area contributed by atoms with Crippen molar-refractivity contribution in [3.63, 3.8) is 0 Å². The van der Waals surface area contributed by atoms with E-state index in [9.17, 15) is 9.59 Å². The van der Waals surface area contributed by atoms with E-state index in [0.717, 1.165) is 32.0 Å². The molecule has 0 aromatic heterocycles. The number of carboxylic acid groups (broad SMARTS) is 1. The highest BCUT2D eigenvalue weighted by Crippen LogP contribution is 2.17. The van der Waals surface area contributed by atoms with Crippen LogP contribution in [0.3, 0.4) is 0 Å². The third kappa shape index (κ3) is 4.19. The van der Waals surface area contributed by atoms with Crippen LogP contribution in [0.5, 0.6) is 0 Å². The molecule has 1 amide bonds. The van der Waals surface area contributed by atoms with Crippen LogP contribution in [0, 0.1) is 0 Å². The third-order valence-electron chi connectivity index (χ3n) is 3.50. The van der Waals surface area contributed by atoms with E-state index in [2.05, 4.69) is 4.90 Å². The second-order valence-corrected chi connectivity index (χ2v) is 5.02. The number of nitrogens with zero attached hydrogens (tertiary/aromatic N) is 2. The lowest BCUT2D eigenvalue weighted by Crippen LogP contribution is -2.36. The summed E-state index contributed by atoms with van der Waals surface area (Å²) in [5.74, 6) is -1.07. The number of morpholine rings is 1. The largest absolute Gasteiger partial charge is 0.481 e. The van der Waals surface area contributed by atoms with Gasteiger partial charge >= 0.3 is 5.97 Å². The molecule has 1 aromatic carbocycles. The van der Waals surface area contributed by atoms with E-state index in [-0.39, 0.29) is 18.9 Å². The van der Waals surface area contributed by atoms with Crippen LogP contribution in [-0.4, -0.2) is 61.8 Å². The van der Waals surface area contributed by atoms with Gasteiger partial charge in [0.15, 0.2) is 0 Å². The molecule has 21 heavy (non-hydrogen) atoms. The number of hydrogen-bond acceptors (Lipinski definition) is 4. The van der Waals surface area contributed by atoms with E-state index in [1.807, 2.05) is 12.1 Å². The summed E-state index contributed by atoms with van der Waals surface area (Å²) in [6, 6.07) is 7.40. The highest BCUT2D eigenvalue weighted by molar-refractivity contribution is 5.94. The van der Waals surface area contributed by atoms with Crippen molar-refractivity contribution in [1.29, 1.82) is 0 Å². The Balaban J connectivity index is 1.97. The van der Waals surface area contributed by atoms with E-state index in [0.29, 0.717) is 5.56 Å². The summed E-state index contributed by atoms with van der Waals surface area (Å²) in [4.78, 5) is 26.3. The molecule has 1 N–H and O–H groups in total. The molecule has 1 aliphatic rings. The molecule has 1 heterocycles. The Morgan fingerprint density at radius 2 is 1.86 bits per heavy atom. The number of anilines is 1. The van der Waals surface area contributed by atoms with Crippen molar-refractivity contribution >= 4 is 17.6 Å². The lowest BCUT2D eigenvalue weighted by atomic mass is 10.1. The van der Waals surface area contributed by atoms with Crippen LogP contribution in [0.4, 0.5) is 5.69 Å². The summed E-state index contributed by atoms with van der Waals surface area (Å²) in [6.07, 6.45) is -0.0475. The van der Waals surface area contributed by atoms with Crippen molar-refractivity contribution in [2.45, 2.75) is 6.42 Å². The summed E-state index contributed by atoms with van der Waals surface area (Å²) in [5, 5.41) is 8.64. The molecule has 1 saturated heterocycles. The van der Waals surface area contributed by atoms with Crippen molar-refractivity contribution in [3.8, 4) is 0 Å². The fourth-order valence-corrected chi connectivity index (χ4v) is 2.22. The fraction of sp³-hybridized carbons (Fsp3) is 0.467. The second-order valence-electron chi connectivity index (χ2n) is 5.02. The van der Waals surface area contributed by atoms with Crippen molar-refractivity contribution in [2.75, 3.05) is 44.8 Å². The second kappa shape index (κ2) is 7.08. The SMILES string of the molecule is CN(CCC(=O)O)C(=O)c1ccc(N2CCOCC2)cc1. The third-order valence-corrected chi connectivity index (χ3v) is 3.50. The van der Waals surface area contributed by atoms with Gasteiger partial charge in [-0.25, -0.2) is 0 Å². The highest BCUT2D eigenvalue weighted by atomic mass is 16.5. The minimum atomic E-state index is -0.905. The maximum atomic E-state index is 12.1. The standard InChI is InChI=1S/C15H20N2O4/c1-16(7-6-14(18)19)15(20)12-2-4-13(5-3-12)17-8-10-21-11-9-17/h2-5H,6-11H2,1H3,(H,18,19). The summed E-state index contributed by atoms with van der Waals surface area (Å²) >= 11 is 0. The normalized spacial score (nSPS) is 14.8. The van der Waals surface area contributed by atoms with Gasteiger partial charge in [0.05, 0.1) is 19.6 Å². The zero-order valence-corrected chi connectivity index (χ0v) is 12.1. The Morgan fingerprint density at radius 3 is 2.43 bits per heavy atom. The number of carboxylic acids is 1. The molecule has 0 radical (unpaired) electrons. The molecule has 0 aliphatic carbocycles. The molecule has 114 valence electrons. The van der Waals surface area contributed by atoms with Gasteiger partial charge in [-0.1, -0.05) is 0 Å². The number of carbonyl (C=O) groups is 2. The Bertz CT molecular complexity index is 495. The molecule has 6 heteroatoms. The molecular formula is C15H20N2O4. The summed E-state index contributed by atoms with van der Waals surface area (Å²) < 4.78 is 5.31. The Labute approximate surface area is 123 Å². The van der Waals surface area contributed by atoms with Crippen LogP contribution >= 0.6 is 0 Å². The van der Waals surface area contributed by atoms with E-state index >= 15 is 0 Å². The van der Waals surface area contributed by atoms with Crippen molar-refractivity contribution < 1.29 is 19.4 Å². The van der Waals surface area contributed by atoms with E-state index in [1.165, 1.54) is 4.90 Å². The monoisotopic (exact) mass is 292 g/mol. The van der Waals surface area contributed by atoms with Gasteiger partial charge < -0.3 is 19.6 Å². The first-order chi connectivity index (χ1) is 10.1. The topological polar surface area (TPSA) is 70.1 Å². The smallest absolute Gasteiger partial charge is 0.305 e. The van der Waals surface area contributed by atoms with Crippen molar-refractivity contribution in [3.05, 3.63) is 29.8 Å². The first-order valence-corrected chi connectivity index (χ1v) is 6.98. The maximum Gasteiger partial charge on any atom is 0.305 e. The number of hydrogen-bond donors (Lipinski definition) is 1. The zero-order chi connectivity index (χ0) is 15.2. The minimum Gasteiger partial charge on any atom is -0.481 e. The van der Waals surface area contributed by atoms with Gasteiger partial charge in [0.25, 0.3) is 5.91 Å². The molecule has 1 aliphatic heterocycles. The van der Waals surface area contributed by atoms with E-state index in [4.69, 9.17) is 9.84 Å². The molecule has 2 rings (SSSR count). The number of ether oxygens (including phenoxy) is 1. The minimum absolute atomic E-state index is 0.0475. The maximum absolute atomic E-state index is 12.1. The first kappa shape index (κ1) is 15.3. The molecule has 6 nitrogen and oxygen atoms in total. The van der Waals surface area contributed by atoms with Crippen LogP contribution in [0.15, 0.2) is 24.3 Å². The summed E-state index contributed by atoms with van der Waals surface area (Å²) in [5.41, 5.74) is 1.64. The summed E-state index contributed by atoms with van der Waals surface area (Å²) in [6.45, 7) is 3.36. The van der Waals surface area contributed by atoms with E-state index in [1.54, 1.807) is 19.2 Å². The lowest BCUT2D eigenvalue weighted by Gasteiger charge is -2.29. The van der Waals surface area contributed by atoms with Gasteiger partial charge in [-0.2, -0.15) is 0 Å². The lowest BCUT2D eigenvalue weighted by molar-refractivity contribution is -0.137. The molecule has 0 atom stereocenters. The highest BCUT2D eigenvalue weighted by Gasteiger charge is 2.15. The predicted molar refractivity (Wildman–Crippen MR) is 78.7 cm³/mol. The van der Waals surface area contributed by atoms with Crippen molar-refractivity contribution in [1.82, 2.24) is 4.90 Å². The number of aliphatic carboxylic acids is 1. The van der Waals surface area contributed by atoms with Gasteiger partial charge in [-0.05, 0) is 24.3 Å². The Hall–Kier alpha value is -2.08. The molecular weight excluding hydrogens is 272 g/mol. The summed E-state index contributed by atoms with van der Waals surface area (Å²) in [7, 11) is 1.61. The van der Waals surface area contributed by atoms with Gasteiger partial charge in [-0.3, -0.25) is 9.59 Å². The van der Waals surface area contributed by atoms with Crippen LogP contribution in [0.1, 0.15) is 16.8 Å².